The van der Waals surface area contributed by atoms with Crippen molar-refractivity contribution in [3.63, 3.8) is 0 Å². The minimum absolute atomic E-state index is 0.0181. The van der Waals surface area contributed by atoms with Crippen LogP contribution in [0.2, 0.25) is 0 Å². The molecule has 0 aromatic heterocycles. The summed E-state index contributed by atoms with van der Waals surface area (Å²) in [4.78, 5) is 11.6. The lowest BCUT2D eigenvalue weighted by Crippen LogP contribution is -2.10. The number of carbonyl (C=O) groups is 1. The molecular weight excluding hydrogens is 314 g/mol. The van der Waals surface area contributed by atoms with E-state index in [1.807, 2.05) is 13.0 Å². The Bertz CT molecular complexity index is 742. The standard InChI is InChI=1S/C19H20F2O3/c1-4-13-7-6-8-17(24-19(22)5-2)14(13)11-23-18-10-15(20)12(3)9-16(18)21/h6-10H,4-5,11H2,1-3H3. The zero-order valence-corrected chi connectivity index (χ0v) is 14.0. The van der Waals surface area contributed by atoms with Gasteiger partial charge < -0.3 is 9.47 Å². The van der Waals surface area contributed by atoms with Gasteiger partial charge in [0.2, 0.25) is 0 Å². The molecule has 0 unspecified atom stereocenters. The summed E-state index contributed by atoms with van der Waals surface area (Å²) in [5, 5.41) is 0. The van der Waals surface area contributed by atoms with E-state index in [0.29, 0.717) is 17.7 Å². The van der Waals surface area contributed by atoms with Crippen molar-refractivity contribution >= 4 is 5.97 Å². The molecule has 0 aliphatic carbocycles. The molecule has 0 saturated carbocycles. The number of carbonyl (C=O) groups excluding carboxylic acids is 1. The molecule has 0 saturated heterocycles. The topological polar surface area (TPSA) is 35.5 Å². The fraction of sp³-hybridized carbons (Fsp3) is 0.316. The Labute approximate surface area is 140 Å². The summed E-state index contributed by atoms with van der Waals surface area (Å²) in [7, 11) is 0. The summed E-state index contributed by atoms with van der Waals surface area (Å²) in [6.45, 7) is 5.12. The molecule has 0 spiro atoms. The van der Waals surface area contributed by atoms with E-state index in [1.165, 1.54) is 6.92 Å². The van der Waals surface area contributed by atoms with Crippen LogP contribution < -0.4 is 9.47 Å². The summed E-state index contributed by atoms with van der Waals surface area (Å²) in [6, 6.07) is 7.45. The molecule has 0 radical (unpaired) electrons. The van der Waals surface area contributed by atoms with E-state index >= 15 is 0 Å². The van der Waals surface area contributed by atoms with Gasteiger partial charge in [-0.1, -0.05) is 26.0 Å². The molecule has 0 aliphatic heterocycles. The van der Waals surface area contributed by atoms with Crippen molar-refractivity contribution in [2.75, 3.05) is 0 Å². The predicted octanol–water partition coefficient (Wildman–Crippen LogP) is 4.73. The maximum absolute atomic E-state index is 13.9. The Morgan fingerprint density at radius 1 is 1.08 bits per heavy atom. The van der Waals surface area contributed by atoms with E-state index in [-0.39, 0.29) is 30.3 Å². The van der Waals surface area contributed by atoms with Gasteiger partial charge in [-0.05, 0) is 36.6 Å². The van der Waals surface area contributed by atoms with Crippen LogP contribution in [0.15, 0.2) is 30.3 Å². The molecule has 0 bridgehead atoms. The number of aryl methyl sites for hydroxylation is 2. The monoisotopic (exact) mass is 334 g/mol. The highest BCUT2D eigenvalue weighted by molar-refractivity contribution is 5.72. The first-order chi connectivity index (χ1) is 11.5. The van der Waals surface area contributed by atoms with E-state index in [1.54, 1.807) is 19.1 Å². The van der Waals surface area contributed by atoms with Gasteiger partial charge >= 0.3 is 5.97 Å². The lowest BCUT2D eigenvalue weighted by molar-refractivity contribution is -0.134. The normalized spacial score (nSPS) is 10.5. The first-order valence-electron chi connectivity index (χ1n) is 7.86. The van der Waals surface area contributed by atoms with E-state index < -0.39 is 11.6 Å². The Balaban J connectivity index is 2.28. The number of halogens is 2. The van der Waals surface area contributed by atoms with Crippen molar-refractivity contribution in [2.45, 2.75) is 40.2 Å². The van der Waals surface area contributed by atoms with Crippen LogP contribution in [0.5, 0.6) is 11.5 Å². The maximum atomic E-state index is 13.9. The van der Waals surface area contributed by atoms with Gasteiger partial charge in [-0.2, -0.15) is 0 Å². The fourth-order valence-corrected chi connectivity index (χ4v) is 2.29. The Morgan fingerprint density at radius 2 is 1.83 bits per heavy atom. The number of esters is 1. The molecule has 24 heavy (non-hydrogen) atoms. The average molecular weight is 334 g/mol. The number of hydrogen-bond acceptors (Lipinski definition) is 3. The molecule has 0 aliphatic rings. The van der Waals surface area contributed by atoms with Crippen LogP contribution in [-0.2, 0) is 17.8 Å². The molecular formula is C19H20F2O3. The first-order valence-corrected chi connectivity index (χ1v) is 7.86. The van der Waals surface area contributed by atoms with Crippen molar-refractivity contribution in [3.05, 3.63) is 58.7 Å². The van der Waals surface area contributed by atoms with Gasteiger partial charge in [-0.25, -0.2) is 8.78 Å². The molecule has 0 fully saturated rings. The van der Waals surface area contributed by atoms with Crippen molar-refractivity contribution in [2.24, 2.45) is 0 Å². The van der Waals surface area contributed by atoms with Gasteiger partial charge in [0.15, 0.2) is 11.6 Å². The predicted molar refractivity (Wildman–Crippen MR) is 87.2 cm³/mol. The summed E-state index contributed by atoms with van der Waals surface area (Å²) >= 11 is 0. The zero-order valence-electron chi connectivity index (χ0n) is 14.0. The van der Waals surface area contributed by atoms with Crippen molar-refractivity contribution in [3.8, 4) is 11.5 Å². The third kappa shape index (κ3) is 4.10. The summed E-state index contributed by atoms with van der Waals surface area (Å²) in [6.07, 6.45) is 0.940. The summed E-state index contributed by atoms with van der Waals surface area (Å²) in [5.41, 5.74) is 1.79. The van der Waals surface area contributed by atoms with Gasteiger partial charge in [-0.15, -0.1) is 0 Å². The molecule has 5 heteroatoms. The third-order valence-corrected chi connectivity index (χ3v) is 3.71. The second-order valence-electron chi connectivity index (χ2n) is 5.40. The Kier molecular flexibility index (Phi) is 5.90. The molecule has 0 atom stereocenters. The minimum Gasteiger partial charge on any atom is -0.486 e. The van der Waals surface area contributed by atoms with E-state index in [2.05, 4.69) is 0 Å². The van der Waals surface area contributed by atoms with Gasteiger partial charge in [0.1, 0.15) is 18.2 Å². The zero-order chi connectivity index (χ0) is 17.7. The smallest absolute Gasteiger partial charge is 0.310 e. The van der Waals surface area contributed by atoms with Crippen LogP contribution in [0.4, 0.5) is 8.78 Å². The lowest BCUT2D eigenvalue weighted by Gasteiger charge is -2.15. The molecule has 3 nitrogen and oxygen atoms in total. The van der Waals surface area contributed by atoms with Crippen LogP contribution in [0.3, 0.4) is 0 Å². The van der Waals surface area contributed by atoms with E-state index in [9.17, 15) is 13.6 Å². The molecule has 0 amide bonds. The number of hydrogen-bond donors (Lipinski definition) is 0. The van der Waals surface area contributed by atoms with Gasteiger partial charge in [-0.3, -0.25) is 4.79 Å². The van der Waals surface area contributed by atoms with E-state index in [4.69, 9.17) is 9.47 Å². The quantitative estimate of drug-likeness (QED) is 0.566. The highest BCUT2D eigenvalue weighted by atomic mass is 19.1. The number of ether oxygens (including phenoxy) is 2. The minimum atomic E-state index is -0.630. The van der Waals surface area contributed by atoms with Crippen LogP contribution >= 0.6 is 0 Å². The lowest BCUT2D eigenvalue weighted by atomic mass is 10.0. The van der Waals surface area contributed by atoms with Crippen molar-refractivity contribution in [1.29, 1.82) is 0 Å². The highest BCUT2D eigenvalue weighted by Gasteiger charge is 2.14. The van der Waals surface area contributed by atoms with Gasteiger partial charge in [0.05, 0.1) is 0 Å². The van der Waals surface area contributed by atoms with Crippen molar-refractivity contribution in [1.82, 2.24) is 0 Å². The van der Waals surface area contributed by atoms with Crippen LogP contribution in [0.1, 0.15) is 37.0 Å². The summed E-state index contributed by atoms with van der Waals surface area (Å²) in [5.74, 6) is -1.31. The van der Waals surface area contributed by atoms with E-state index in [0.717, 1.165) is 17.7 Å². The third-order valence-electron chi connectivity index (χ3n) is 3.71. The summed E-state index contributed by atoms with van der Waals surface area (Å²) < 4.78 is 38.3. The second kappa shape index (κ2) is 7.90. The second-order valence-corrected chi connectivity index (χ2v) is 5.40. The number of rotatable bonds is 6. The van der Waals surface area contributed by atoms with Crippen molar-refractivity contribution < 1.29 is 23.0 Å². The SMILES string of the molecule is CCC(=O)Oc1cccc(CC)c1COc1cc(F)c(C)cc1F. The van der Waals surface area contributed by atoms with Crippen LogP contribution in [0.25, 0.3) is 0 Å². The van der Waals surface area contributed by atoms with Gasteiger partial charge in [0.25, 0.3) is 0 Å². The fourth-order valence-electron chi connectivity index (χ4n) is 2.29. The molecule has 2 aromatic rings. The van der Waals surface area contributed by atoms with Gasteiger partial charge in [0, 0.05) is 18.1 Å². The van der Waals surface area contributed by atoms with Crippen LogP contribution in [-0.4, -0.2) is 5.97 Å². The largest absolute Gasteiger partial charge is 0.486 e. The van der Waals surface area contributed by atoms with Crippen LogP contribution in [0, 0.1) is 18.6 Å². The Hall–Kier alpha value is -2.43. The number of benzene rings is 2. The molecule has 0 heterocycles. The molecule has 2 rings (SSSR count). The molecule has 128 valence electrons. The highest BCUT2D eigenvalue weighted by Crippen LogP contribution is 2.27. The Morgan fingerprint density at radius 3 is 2.50 bits per heavy atom. The average Bonchev–Trinajstić information content (AvgIpc) is 2.57. The first kappa shape index (κ1) is 17.9. The maximum Gasteiger partial charge on any atom is 0.310 e. The molecule has 2 aromatic carbocycles. The molecule has 0 N–H and O–H groups in total.